The first-order chi connectivity index (χ1) is 8.21. The van der Waals surface area contributed by atoms with Crippen molar-refractivity contribution in [3.8, 4) is 5.75 Å². The van der Waals surface area contributed by atoms with Crippen molar-refractivity contribution in [2.75, 3.05) is 0 Å². The van der Waals surface area contributed by atoms with Gasteiger partial charge in [-0.25, -0.2) is 0 Å². The van der Waals surface area contributed by atoms with Crippen LogP contribution in [0, 0.1) is 6.92 Å². The van der Waals surface area contributed by atoms with Crippen LogP contribution in [0.15, 0.2) is 18.2 Å². The number of halogens is 3. The smallest absolute Gasteiger partial charge is 0.376 e. The van der Waals surface area contributed by atoms with Crippen molar-refractivity contribution >= 4 is 10.1 Å². The minimum Gasteiger partial charge on any atom is -0.376 e. The van der Waals surface area contributed by atoms with Crippen LogP contribution in [0.4, 0.5) is 13.2 Å². The van der Waals surface area contributed by atoms with Gasteiger partial charge in [-0.05, 0) is 48.9 Å². The lowest BCUT2D eigenvalue weighted by atomic mass is 10.0. The van der Waals surface area contributed by atoms with Crippen molar-refractivity contribution in [1.29, 1.82) is 0 Å². The highest BCUT2D eigenvalue weighted by Gasteiger charge is 2.48. The maximum absolute atomic E-state index is 12.2. The predicted molar refractivity (Wildman–Crippen MR) is 58.8 cm³/mol. The number of alkyl halides is 3. The van der Waals surface area contributed by atoms with E-state index in [0.717, 1.165) is 24.0 Å². The van der Waals surface area contributed by atoms with E-state index in [1.54, 1.807) is 6.07 Å². The highest BCUT2D eigenvalue weighted by molar-refractivity contribution is 7.87. The summed E-state index contributed by atoms with van der Waals surface area (Å²) in [6, 6.07) is 4.16. The number of aryl methyl sites for hydroxylation is 1. The van der Waals surface area contributed by atoms with Gasteiger partial charge in [0.1, 0.15) is 5.75 Å². The minimum absolute atomic E-state index is 0.292. The summed E-state index contributed by atoms with van der Waals surface area (Å²) >= 11 is 0. The molecule has 3 nitrogen and oxygen atoms in total. The van der Waals surface area contributed by atoms with E-state index >= 15 is 0 Å². The molecule has 1 aromatic rings. The average molecular weight is 280 g/mol. The lowest BCUT2D eigenvalue weighted by Crippen LogP contribution is -2.28. The van der Waals surface area contributed by atoms with Gasteiger partial charge in [0.15, 0.2) is 0 Å². The highest BCUT2D eigenvalue weighted by Crippen LogP contribution is 2.43. The summed E-state index contributed by atoms with van der Waals surface area (Å²) in [6.45, 7) is 1.83. The fraction of sp³-hybridized carbons (Fsp3) is 0.455. The maximum atomic E-state index is 12.2. The molecule has 0 radical (unpaired) electrons. The summed E-state index contributed by atoms with van der Waals surface area (Å²) in [6.07, 6.45) is 1.94. The fourth-order valence-corrected chi connectivity index (χ4v) is 2.13. The molecule has 0 unspecified atom stereocenters. The Morgan fingerprint density at radius 3 is 2.39 bits per heavy atom. The van der Waals surface area contributed by atoms with E-state index in [4.69, 9.17) is 0 Å². The third-order valence-electron chi connectivity index (χ3n) is 2.76. The molecular formula is C11H11F3O3S. The van der Waals surface area contributed by atoms with Crippen molar-refractivity contribution < 1.29 is 25.8 Å². The van der Waals surface area contributed by atoms with Gasteiger partial charge in [-0.1, -0.05) is 6.07 Å². The zero-order valence-corrected chi connectivity index (χ0v) is 10.3. The summed E-state index contributed by atoms with van der Waals surface area (Å²) in [4.78, 5) is 0. The molecule has 0 aromatic heterocycles. The van der Waals surface area contributed by atoms with Gasteiger partial charge in [-0.15, -0.1) is 0 Å². The first-order valence-corrected chi connectivity index (χ1v) is 6.73. The van der Waals surface area contributed by atoms with Crippen molar-refractivity contribution in [2.45, 2.75) is 31.2 Å². The molecule has 0 atom stereocenters. The number of rotatable bonds is 3. The van der Waals surface area contributed by atoms with Gasteiger partial charge in [0.25, 0.3) is 0 Å². The number of hydrogen-bond acceptors (Lipinski definition) is 3. The Morgan fingerprint density at radius 2 is 1.89 bits per heavy atom. The van der Waals surface area contributed by atoms with E-state index in [0.29, 0.717) is 5.92 Å². The van der Waals surface area contributed by atoms with Crippen LogP contribution in [0.3, 0.4) is 0 Å². The molecule has 7 heteroatoms. The monoisotopic (exact) mass is 280 g/mol. The Balaban J connectivity index is 2.28. The molecular weight excluding hydrogens is 269 g/mol. The van der Waals surface area contributed by atoms with E-state index in [9.17, 15) is 21.6 Å². The third-order valence-corrected chi connectivity index (χ3v) is 3.74. The van der Waals surface area contributed by atoms with E-state index in [1.807, 2.05) is 6.92 Å². The normalized spacial score (nSPS) is 16.7. The second kappa shape index (κ2) is 4.15. The van der Waals surface area contributed by atoms with Gasteiger partial charge in [-0.2, -0.15) is 21.6 Å². The molecule has 1 aliphatic rings. The molecule has 0 aliphatic heterocycles. The predicted octanol–water partition coefficient (Wildman–Crippen LogP) is 3.10. The largest absolute Gasteiger partial charge is 0.534 e. The van der Waals surface area contributed by atoms with Crippen molar-refractivity contribution in [3.63, 3.8) is 0 Å². The molecule has 0 heterocycles. The second-order valence-corrected chi connectivity index (χ2v) is 5.81. The van der Waals surface area contributed by atoms with Crippen LogP contribution in [0.2, 0.25) is 0 Å². The summed E-state index contributed by atoms with van der Waals surface area (Å²) in [5, 5.41) is 0. The number of hydrogen-bond donors (Lipinski definition) is 0. The van der Waals surface area contributed by atoms with E-state index in [1.165, 1.54) is 12.1 Å². The van der Waals surface area contributed by atoms with Crippen LogP contribution in [-0.2, 0) is 10.1 Å². The van der Waals surface area contributed by atoms with Gasteiger partial charge in [0.05, 0.1) is 0 Å². The second-order valence-electron chi connectivity index (χ2n) is 4.28. The molecule has 1 saturated carbocycles. The van der Waals surface area contributed by atoms with Crippen LogP contribution in [-0.4, -0.2) is 13.9 Å². The van der Waals surface area contributed by atoms with Gasteiger partial charge >= 0.3 is 15.6 Å². The van der Waals surface area contributed by atoms with Crippen molar-refractivity contribution in [1.82, 2.24) is 0 Å². The van der Waals surface area contributed by atoms with Gasteiger partial charge in [-0.3, -0.25) is 0 Å². The van der Waals surface area contributed by atoms with Crippen LogP contribution in [0.1, 0.15) is 29.9 Å². The molecule has 2 rings (SSSR count). The zero-order valence-electron chi connectivity index (χ0n) is 9.49. The maximum Gasteiger partial charge on any atom is 0.534 e. The van der Waals surface area contributed by atoms with E-state index < -0.39 is 15.6 Å². The molecule has 0 bridgehead atoms. The van der Waals surface area contributed by atoms with Gasteiger partial charge < -0.3 is 4.18 Å². The lowest BCUT2D eigenvalue weighted by Gasteiger charge is -2.11. The van der Waals surface area contributed by atoms with Crippen molar-refractivity contribution in [2.24, 2.45) is 0 Å². The highest BCUT2D eigenvalue weighted by atomic mass is 32.2. The Kier molecular flexibility index (Phi) is 3.04. The first kappa shape index (κ1) is 13.2. The molecule has 0 spiro atoms. The first-order valence-electron chi connectivity index (χ1n) is 5.32. The topological polar surface area (TPSA) is 43.4 Å². The zero-order chi connectivity index (χ0) is 13.6. The SMILES string of the molecule is Cc1ccc(OS(=O)(=O)C(F)(F)F)cc1C1CC1. The van der Waals surface area contributed by atoms with Crippen LogP contribution in [0.5, 0.6) is 5.75 Å². The molecule has 100 valence electrons. The summed E-state index contributed by atoms with van der Waals surface area (Å²) in [5.74, 6) is 0.0157. The van der Waals surface area contributed by atoms with E-state index in [2.05, 4.69) is 4.18 Å². The summed E-state index contributed by atoms with van der Waals surface area (Å²) < 4.78 is 62.3. The Morgan fingerprint density at radius 1 is 1.28 bits per heavy atom. The van der Waals surface area contributed by atoms with Gasteiger partial charge in [0.2, 0.25) is 0 Å². The molecule has 1 aliphatic carbocycles. The summed E-state index contributed by atoms with van der Waals surface area (Å²) in [5.41, 5.74) is -3.63. The molecule has 0 saturated heterocycles. The van der Waals surface area contributed by atoms with Crippen LogP contribution >= 0.6 is 0 Å². The Hall–Kier alpha value is -1.24. The average Bonchev–Trinajstić information content (AvgIpc) is 3.02. The molecule has 1 aromatic carbocycles. The number of benzene rings is 1. The standard InChI is InChI=1S/C11H11F3O3S/c1-7-2-5-9(6-10(7)8-3-4-8)17-18(15,16)11(12,13)14/h2,5-6,8H,3-4H2,1H3. The third kappa shape index (κ3) is 2.60. The quantitative estimate of drug-likeness (QED) is 0.631. The Labute approximate surface area is 103 Å². The van der Waals surface area contributed by atoms with Crippen LogP contribution in [0.25, 0.3) is 0 Å². The summed E-state index contributed by atoms with van der Waals surface area (Å²) in [7, 11) is -5.59. The molecule has 0 amide bonds. The molecule has 1 fully saturated rings. The van der Waals surface area contributed by atoms with E-state index in [-0.39, 0.29) is 5.75 Å². The minimum atomic E-state index is -5.59. The Bertz CT molecular complexity index is 559. The lowest BCUT2D eigenvalue weighted by molar-refractivity contribution is -0.0500. The molecule has 18 heavy (non-hydrogen) atoms. The van der Waals surface area contributed by atoms with Crippen molar-refractivity contribution in [3.05, 3.63) is 29.3 Å². The van der Waals surface area contributed by atoms with Gasteiger partial charge in [0, 0.05) is 0 Å². The molecule has 0 N–H and O–H groups in total. The van der Waals surface area contributed by atoms with Crippen LogP contribution < -0.4 is 4.18 Å². The fourth-order valence-electron chi connectivity index (χ4n) is 1.68.